The van der Waals surface area contributed by atoms with Gasteiger partial charge < -0.3 is 10.2 Å². The van der Waals surface area contributed by atoms with E-state index in [9.17, 15) is 10.2 Å². The molecular weight excluding hydrogens is 260 g/mol. The molecule has 19 heavy (non-hydrogen) atoms. The highest BCUT2D eigenvalue weighted by Crippen LogP contribution is 2.22. The number of aliphatic hydroxyl groups is 2. The largest absolute Gasteiger partial charge is 0.396 e. The van der Waals surface area contributed by atoms with Gasteiger partial charge >= 0.3 is 0 Å². The summed E-state index contributed by atoms with van der Waals surface area (Å²) in [4.78, 5) is 0. The zero-order valence-corrected chi connectivity index (χ0v) is 11.3. The molecule has 2 unspecified atom stereocenters. The Morgan fingerprint density at radius 1 is 0.947 bits per heavy atom. The third kappa shape index (κ3) is 3.80. The highest BCUT2D eigenvalue weighted by molar-refractivity contribution is 6.30. The lowest BCUT2D eigenvalue weighted by molar-refractivity contribution is 0.106. The molecular formula is C16H17ClO2. The number of halogens is 1. The summed E-state index contributed by atoms with van der Waals surface area (Å²) in [6.45, 7) is -0.0707. The van der Waals surface area contributed by atoms with Gasteiger partial charge in [0.25, 0.3) is 0 Å². The van der Waals surface area contributed by atoms with Crippen molar-refractivity contribution < 1.29 is 10.2 Å². The third-order valence-electron chi connectivity index (χ3n) is 3.25. The summed E-state index contributed by atoms with van der Waals surface area (Å²) in [7, 11) is 0. The van der Waals surface area contributed by atoms with Crippen molar-refractivity contribution in [3.8, 4) is 0 Å². The molecule has 0 fully saturated rings. The van der Waals surface area contributed by atoms with Gasteiger partial charge in [-0.1, -0.05) is 54.1 Å². The summed E-state index contributed by atoms with van der Waals surface area (Å²) in [5.41, 5.74) is 1.96. The van der Waals surface area contributed by atoms with Crippen LogP contribution in [0.1, 0.15) is 17.0 Å². The number of aliphatic hydroxyl groups excluding tert-OH is 2. The Balaban J connectivity index is 2.09. The summed E-state index contributed by atoms with van der Waals surface area (Å²) < 4.78 is 0. The van der Waals surface area contributed by atoms with Gasteiger partial charge in [0.05, 0.1) is 12.7 Å². The first-order valence-electron chi connectivity index (χ1n) is 6.29. The number of benzene rings is 2. The van der Waals surface area contributed by atoms with Gasteiger partial charge in [0.15, 0.2) is 0 Å². The van der Waals surface area contributed by atoms with Gasteiger partial charge in [0.2, 0.25) is 0 Å². The fourth-order valence-electron chi connectivity index (χ4n) is 2.15. The minimum Gasteiger partial charge on any atom is -0.396 e. The Kier molecular flexibility index (Phi) is 4.97. The van der Waals surface area contributed by atoms with Gasteiger partial charge in [-0.05, 0) is 29.7 Å². The fraction of sp³-hybridized carbons (Fsp3) is 0.250. The van der Waals surface area contributed by atoms with Crippen LogP contribution >= 0.6 is 11.6 Å². The monoisotopic (exact) mass is 276 g/mol. The Morgan fingerprint density at radius 3 is 2.16 bits per heavy atom. The van der Waals surface area contributed by atoms with Gasteiger partial charge in [-0.15, -0.1) is 0 Å². The smallest absolute Gasteiger partial charge is 0.0671 e. The Morgan fingerprint density at radius 2 is 1.58 bits per heavy atom. The predicted octanol–water partition coefficient (Wildman–Crippen LogP) is 3.02. The molecule has 0 bridgehead atoms. The van der Waals surface area contributed by atoms with Gasteiger partial charge in [-0.25, -0.2) is 0 Å². The summed E-state index contributed by atoms with van der Waals surface area (Å²) >= 11 is 5.83. The zero-order valence-electron chi connectivity index (χ0n) is 10.5. The molecule has 0 saturated heterocycles. The lowest BCUT2D eigenvalue weighted by Gasteiger charge is -2.21. The van der Waals surface area contributed by atoms with Gasteiger partial charge in [-0.2, -0.15) is 0 Å². The molecule has 0 spiro atoms. The molecule has 0 radical (unpaired) electrons. The molecule has 0 aromatic heterocycles. The molecule has 2 aromatic rings. The Hall–Kier alpha value is -1.35. The maximum Gasteiger partial charge on any atom is 0.0671 e. The van der Waals surface area contributed by atoms with Crippen LogP contribution in [0.2, 0.25) is 5.02 Å². The summed E-state index contributed by atoms with van der Waals surface area (Å²) in [5.74, 6) is -0.267. The van der Waals surface area contributed by atoms with Gasteiger partial charge in [0, 0.05) is 10.9 Å². The van der Waals surface area contributed by atoms with Crippen LogP contribution in [0.4, 0.5) is 0 Å². The summed E-state index contributed by atoms with van der Waals surface area (Å²) in [6, 6.07) is 17.0. The second kappa shape index (κ2) is 6.71. The fourth-order valence-corrected chi connectivity index (χ4v) is 2.28. The van der Waals surface area contributed by atoms with Crippen molar-refractivity contribution >= 4 is 11.6 Å². The standard InChI is InChI=1S/C16H17ClO2/c17-14-8-6-12(7-9-14)10-16(19)15(11-18)13-4-2-1-3-5-13/h1-9,15-16,18-19H,10-11H2. The topological polar surface area (TPSA) is 40.5 Å². The molecule has 100 valence electrons. The van der Waals surface area contributed by atoms with Gasteiger partial charge in [-0.3, -0.25) is 0 Å². The van der Waals surface area contributed by atoms with E-state index in [1.165, 1.54) is 0 Å². The summed E-state index contributed by atoms with van der Waals surface area (Å²) in [6.07, 6.45) is -0.120. The number of hydrogen-bond donors (Lipinski definition) is 2. The predicted molar refractivity (Wildman–Crippen MR) is 77.4 cm³/mol. The second-order valence-electron chi connectivity index (χ2n) is 4.60. The van der Waals surface area contributed by atoms with E-state index in [1.54, 1.807) is 12.1 Å². The average molecular weight is 277 g/mol. The lowest BCUT2D eigenvalue weighted by Crippen LogP contribution is -2.24. The van der Waals surface area contributed by atoms with Crippen molar-refractivity contribution in [2.24, 2.45) is 0 Å². The highest BCUT2D eigenvalue weighted by Gasteiger charge is 2.20. The lowest BCUT2D eigenvalue weighted by atomic mass is 9.90. The van der Waals surface area contributed by atoms with Crippen LogP contribution in [0.3, 0.4) is 0 Å². The maximum absolute atomic E-state index is 10.3. The molecule has 2 aromatic carbocycles. The molecule has 0 amide bonds. The molecule has 2 rings (SSSR count). The van der Waals surface area contributed by atoms with Crippen molar-refractivity contribution in [1.29, 1.82) is 0 Å². The average Bonchev–Trinajstić information content (AvgIpc) is 2.43. The molecule has 3 heteroatoms. The van der Waals surface area contributed by atoms with E-state index in [2.05, 4.69) is 0 Å². The van der Waals surface area contributed by atoms with Crippen LogP contribution < -0.4 is 0 Å². The Bertz CT molecular complexity index is 496. The zero-order chi connectivity index (χ0) is 13.7. The quantitative estimate of drug-likeness (QED) is 0.881. The van der Waals surface area contributed by atoms with Crippen LogP contribution in [-0.4, -0.2) is 22.9 Å². The van der Waals surface area contributed by atoms with Crippen molar-refractivity contribution in [3.63, 3.8) is 0 Å². The van der Waals surface area contributed by atoms with Crippen molar-refractivity contribution in [3.05, 3.63) is 70.7 Å². The van der Waals surface area contributed by atoms with Crippen molar-refractivity contribution in [2.45, 2.75) is 18.4 Å². The molecule has 0 saturated carbocycles. The maximum atomic E-state index is 10.3. The number of rotatable bonds is 5. The van der Waals surface area contributed by atoms with Crippen molar-refractivity contribution in [1.82, 2.24) is 0 Å². The van der Waals surface area contributed by atoms with E-state index >= 15 is 0 Å². The van der Waals surface area contributed by atoms with Crippen LogP contribution in [-0.2, 0) is 6.42 Å². The van der Waals surface area contributed by atoms with E-state index in [-0.39, 0.29) is 12.5 Å². The highest BCUT2D eigenvalue weighted by atomic mass is 35.5. The van der Waals surface area contributed by atoms with Crippen LogP contribution in [0, 0.1) is 0 Å². The van der Waals surface area contributed by atoms with Crippen LogP contribution in [0.5, 0.6) is 0 Å². The van der Waals surface area contributed by atoms with Crippen LogP contribution in [0.15, 0.2) is 54.6 Å². The van der Waals surface area contributed by atoms with Gasteiger partial charge in [0.1, 0.15) is 0 Å². The minimum atomic E-state index is -0.617. The molecule has 0 aliphatic heterocycles. The third-order valence-corrected chi connectivity index (χ3v) is 3.50. The first-order valence-corrected chi connectivity index (χ1v) is 6.67. The SMILES string of the molecule is OCC(c1ccccc1)C(O)Cc1ccc(Cl)cc1. The Labute approximate surface area is 118 Å². The first kappa shape index (κ1) is 14.1. The van der Waals surface area contributed by atoms with Crippen molar-refractivity contribution in [2.75, 3.05) is 6.61 Å². The molecule has 0 heterocycles. The summed E-state index contributed by atoms with van der Waals surface area (Å²) in [5, 5.41) is 20.5. The van der Waals surface area contributed by atoms with E-state index < -0.39 is 6.10 Å². The molecule has 2 nitrogen and oxygen atoms in total. The normalized spacial score (nSPS) is 14.1. The van der Waals surface area contributed by atoms with E-state index in [1.807, 2.05) is 42.5 Å². The molecule has 2 N–H and O–H groups in total. The van der Waals surface area contributed by atoms with E-state index in [4.69, 9.17) is 11.6 Å². The van der Waals surface area contributed by atoms with Crippen LogP contribution in [0.25, 0.3) is 0 Å². The van der Waals surface area contributed by atoms with E-state index in [0.29, 0.717) is 11.4 Å². The first-order chi connectivity index (χ1) is 9.20. The van der Waals surface area contributed by atoms with E-state index in [0.717, 1.165) is 11.1 Å². The molecule has 0 aliphatic carbocycles. The number of hydrogen-bond acceptors (Lipinski definition) is 2. The minimum absolute atomic E-state index is 0.0707. The molecule has 0 aliphatic rings. The molecule has 2 atom stereocenters. The second-order valence-corrected chi connectivity index (χ2v) is 5.03.